The molecule has 1 amide bonds. The van der Waals surface area contributed by atoms with E-state index in [1.807, 2.05) is 29.2 Å². The Morgan fingerprint density at radius 1 is 1.12 bits per heavy atom. The first-order valence-electron chi connectivity index (χ1n) is 8.36. The second-order valence-corrected chi connectivity index (χ2v) is 6.34. The van der Waals surface area contributed by atoms with Crippen molar-refractivity contribution in [2.75, 3.05) is 29.9 Å². The van der Waals surface area contributed by atoms with Crippen molar-refractivity contribution in [3.8, 4) is 0 Å². The van der Waals surface area contributed by atoms with Crippen LogP contribution in [0.2, 0.25) is 0 Å². The van der Waals surface area contributed by atoms with Gasteiger partial charge in [-0.05, 0) is 48.2 Å². The molecule has 2 aromatic rings. The van der Waals surface area contributed by atoms with E-state index in [0.717, 1.165) is 36.3 Å². The number of nitrogens with one attached hydrogen (secondary N) is 2. The Hall–Kier alpha value is -1.82. The van der Waals surface area contributed by atoms with Crippen LogP contribution in [0, 0.1) is 5.82 Å². The van der Waals surface area contributed by atoms with Crippen LogP contribution in [0.25, 0.3) is 0 Å². The summed E-state index contributed by atoms with van der Waals surface area (Å²) in [5, 5.41) is 5.97. The fourth-order valence-corrected chi connectivity index (χ4v) is 3.56. The van der Waals surface area contributed by atoms with Gasteiger partial charge in [0.1, 0.15) is 5.82 Å². The minimum absolute atomic E-state index is 0. The number of carbonyl (C=O) groups is 1. The number of hydrogen-bond donors (Lipinski definition) is 2. The minimum Gasteiger partial charge on any atom is -0.362 e. The van der Waals surface area contributed by atoms with Crippen molar-refractivity contribution in [3.63, 3.8) is 0 Å². The van der Waals surface area contributed by atoms with Crippen LogP contribution in [-0.2, 0) is 24.2 Å². The lowest BCUT2D eigenvalue weighted by atomic mass is 9.99. The van der Waals surface area contributed by atoms with Crippen LogP contribution < -0.4 is 15.5 Å². The Bertz CT molecular complexity index is 800. The van der Waals surface area contributed by atoms with E-state index in [2.05, 4.69) is 16.7 Å². The molecule has 0 saturated carbocycles. The van der Waals surface area contributed by atoms with E-state index in [9.17, 15) is 9.18 Å². The molecule has 0 saturated heterocycles. The number of carbonyl (C=O) groups excluding carboxylic acids is 1. The van der Waals surface area contributed by atoms with Crippen LogP contribution in [0.4, 0.5) is 15.8 Å². The fourth-order valence-electron chi connectivity index (χ4n) is 3.56. The summed E-state index contributed by atoms with van der Waals surface area (Å²) in [6.07, 6.45) is 1.61. The van der Waals surface area contributed by atoms with E-state index in [1.54, 1.807) is 6.07 Å². The Morgan fingerprint density at radius 3 is 2.77 bits per heavy atom. The van der Waals surface area contributed by atoms with Crippen molar-refractivity contribution in [1.29, 1.82) is 0 Å². The number of amides is 1. The first kappa shape index (κ1) is 20.5. The summed E-state index contributed by atoms with van der Waals surface area (Å²) in [7, 11) is 0. The van der Waals surface area contributed by atoms with E-state index in [0.29, 0.717) is 13.0 Å². The van der Waals surface area contributed by atoms with Crippen LogP contribution >= 0.6 is 24.8 Å². The van der Waals surface area contributed by atoms with Gasteiger partial charge in [-0.15, -0.1) is 24.8 Å². The number of nitrogens with zero attached hydrogens (tertiary/aromatic N) is 1. The van der Waals surface area contributed by atoms with Gasteiger partial charge in [-0.2, -0.15) is 0 Å². The third-order valence-electron chi connectivity index (χ3n) is 4.80. The van der Waals surface area contributed by atoms with Crippen molar-refractivity contribution >= 4 is 42.1 Å². The smallest absolute Gasteiger partial charge is 0.243 e. The zero-order valence-electron chi connectivity index (χ0n) is 14.3. The predicted octanol–water partition coefficient (Wildman–Crippen LogP) is 3.32. The molecule has 0 bridgehead atoms. The summed E-state index contributed by atoms with van der Waals surface area (Å²) in [6.45, 7) is 2.52. The molecule has 0 radical (unpaired) electrons. The molecule has 2 N–H and O–H groups in total. The number of benzene rings is 2. The monoisotopic (exact) mass is 397 g/mol. The summed E-state index contributed by atoms with van der Waals surface area (Å²) >= 11 is 0. The fraction of sp³-hybridized carbons (Fsp3) is 0.316. The summed E-state index contributed by atoms with van der Waals surface area (Å²) in [4.78, 5) is 14.4. The van der Waals surface area contributed by atoms with E-state index in [1.165, 1.54) is 5.56 Å². The van der Waals surface area contributed by atoms with Gasteiger partial charge in [-0.25, -0.2) is 4.39 Å². The maximum Gasteiger partial charge on any atom is 0.243 e. The molecule has 0 aliphatic carbocycles. The largest absolute Gasteiger partial charge is 0.362 e. The molecule has 0 fully saturated rings. The second-order valence-electron chi connectivity index (χ2n) is 6.34. The normalized spacial score (nSPS) is 14.6. The van der Waals surface area contributed by atoms with Crippen molar-refractivity contribution in [2.45, 2.75) is 19.4 Å². The minimum atomic E-state index is -0.288. The molecule has 0 unspecified atom stereocenters. The molecule has 0 spiro atoms. The average molecular weight is 398 g/mol. The number of anilines is 2. The quantitative estimate of drug-likeness (QED) is 0.834. The molecule has 2 aromatic carbocycles. The van der Waals surface area contributed by atoms with Gasteiger partial charge >= 0.3 is 0 Å². The van der Waals surface area contributed by atoms with Crippen molar-refractivity contribution < 1.29 is 9.18 Å². The molecular weight excluding hydrogens is 376 g/mol. The van der Waals surface area contributed by atoms with Crippen LogP contribution in [0.5, 0.6) is 0 Å². The summed E-state index contributed by atoms with van der Waals surface area (Å²) in [5.74, 6) is -0.469. The van der Waals surface area contributed by atoms with Gasteiger partial charge in [0.05, 0.1) is 12.2 Å². The summed E-state index contributed by atoms with van der Waals surface area (Å²) < 4.78 is 14.6. The zero-order valence-corrected chi connectivity index (χ0v) is 15.9. The summed E-state index contributed by atoms with van der Waals surface area (Å²) in [5.41, 5.74) is 4.35. The molecule has 26 heavy (non-hydrogen) atoms. The molecule has 140 valence electrons. The molecule has 4 rings (SSSR count). The van der Waals surface area contributed by atoms with Crippen molar-refractivity contribution in [1.82, 2.24) is 5.32 Å². The molecule has 2 heterocycles. The molecule has 2 aliphatic heterocycles. The average Bonchev–Trinajstić information content (AvgIpc) is 3.01. The number of rotatable bonds is 3. The first-order chi connectivity index (χ1) is 11.7. The van der Waals surface area contributed by atoms with Gasteiger partial charge < -0.3 is 15.5 Å². The zero-order chi connectivity index (χ0) is 16.5. The van der Waals surface area contributed by atoms with Crippen LogP contribution in [-0.4, -0.2) is 25.5 Å². The Kier molecular flexibility index (Phi) is 6.87. The second kappa shape index (κ2) is 8.71. The SMILES string of the molecule is Cl.Cl.O=C(CN1CCc2ccccc21)Nc1ccc2c(c1F)CCNC2. The predicted molar refractivity (Wildman–Crippen MR) is 107 cm³/mol. The molecule has 0 aromatic heterocycles. The van der Waals surface area contributed by atoms with Gasteiger partial charge in [-0.1, -0.05) is 24.3 Å². The number of halogens is 3. The van der Waals surface area contributed by atoms with Crippen LogP contribution in [0.3, 0.4) is 0 Å². The molecule has 0 atom stereocenters. The number of para-hydroxylation sites is 1. The highest BCUT2D eigenvalue weighted by Gasteiger charge is 2.22. The van der Waals surface area contributed by atoms with Gasteiger partial charge in [0.15, 0.2) is 0 Å². The lowest BCUT2D eigenvalue weighted by molar-refractivity contribution is -0.115. The van der Waals surface area contributed by atoms with E-state index in [4.69, 9.17) is 0 Å². The highest BCUT2D eigenvalue weighted by Crippen LogP contribution is 2.28. The Labute approximate surface area is 165 Å². The van der Waals surface area contributed by atoms with Crippen LogP contribution in [0.1, 0.15) is 16.7 Å². The maximum absolute atomic E-state index is 14.6. The maximum atomic E-state index is 14.6. The van der Waals surface area contributed by atoms with Crippen molar-refractivity contribution in [3.05, 3.63) is 58.9 Å². The number of fused-ring (bicyclic) bond motifs is 2. The van der Waals surface area contributed by atoms with Crippen molar-refractivity contribution in [2.24, 2.45) is 0 Å². The first-order valence-corrected chi connectivity index (χ1v) is 8.36. The van der Waals surface area contributed by atoms with Gasteiger partial charge in [-0.3, -0.25) is 4.79 Å². The molecular formula is C19H22Cl2FN3O. The van der Waals surface area contributed by atoms with Crippen LogP contribution in [0.15, 0.2) is 36.4 Å². The molecule has 2 aliphatic rings. The standard InChI is InChI=1S/C19H20FN3O.2ClH/c20-19-15-7-9-21-11-14(15)5-6-16(19)22-18(24)12-23-10-8-13-3-1-2-4-17(13)23;;/h1-6,21H,7-12H2,(H,22,24);2*1H. The highest BCUT2D eigenvalue weighted by molar-refractivity contribution is 5.94. The Balaban J connectivity index is 0.00000121. The molecule has 4 nitrogen and oxygen atoms in total. The Morgan fingerprint density at radius 2 is 1.92 bits per heavy atom. The van der Waals surface area contributed by atoms with Gasteiger partial charge in [0.25, 0.3) is 0 Å². The van der Waals surface area contributed by atoms with Gasteiger partial charge in [0, 0.05) is 18.8 Å². The van der Waals surface area contributed by atoms with E-state index in [-0.39, 0.29) is 48.8 Å². The molecule has 7 heteroatoms. The topological polar surface area (TPSA) is 44.4 Å². The third-order valence-corrected chi connectivity index (χ3v) is 4.80. The summed E-state index contributed by atoms with van der Waals surface area (Å²) in [6, 6.07) is 11.7. The lowest BCUT2D eigenvalue weighted by Crippen LogP contribution is -2.32. The third kappa shape index (κ3) is 3.95. The lowest BCUT2D eigenvalue weighted by Gasteiger charge is -2.21. The van der Waals surface area contributed by atoms with Gasteiger partial charge in [0.2, 0.25) is 5.91 Å². The highest BCUT2D eigenvalue weighted by atomic mass is 35.5. The van der Waals surface area contributed by atoms with E-state index >= 15 is 0 Å². The van der Waals surface area contributed by atoms with E-state index < -0.39 is 0 Å². The number of hydrogen-bond acceptors (Lipinski definition) is 3.